The van der Waals surface area contributed by atoms with Gasteiger partial charge in [0.25, 0.3) is 5.91 Å². The summed E-state index contributed by atoms with van der Waals surface area (Å²) in [7, 11) is 0. The standard InChI is InChI=1S/C25H27N3O3/c1-5-25(4,24(31)27-22-17(2)9-8-10-18(22)3)28(19-12-14-20(29)15-13-19)23(30)21-11-6-7-16-26-21/h6-16,29H,5H2,1-4H3,(H,27,31)/t25-/m0/s1. The number of aromatic hydroxyl groups is 1. The number of carbonyl (C=O) groups excluding carboxylic acids is 2. The number of amides is 2. The fourth-order valence-electron chi connectivity index (χ4n) is 3.51. The van der Waals surface area contributed by atoms with E-state index in [0.717, 1.165) is 16.8 Å². The third kappa shape index (κ3) is 4.43. The van der Waals surface area contributed by atoms with Gasteiger partial charge in [0.2, 0.25) is 5.91 Å². The molecular weight excluding hydrogens is 390 g/mol. The normalized spacial score (nSPS) is 12.6. The number of rotatable bonds is 6. The Bertz CT molecular complexity index is 1060. The average molecular weight is 418 g/mol. The van der Waals surface area contributed by atoms with Crippen molar-refractivity contribution in [2.24, 2.45) is 0 Å². The molecule has 6 nitrogen and oxygen atoms in total. The highest BCUT2D eigenvalue weighted by atomic mass is 16.3. The molecule has 0 bridgehead atoms. The predicted molar refractivity (Wildman–Crippen MR) is 122 cm³/mol. The number of nitrogens with zero attached hydrogens (tertiary/aromatic N) is 2. The van der Waals surface area contributed by atoms with Crippen LogP contribution in [0.3, 0.4) is 0 Å². The number of hydrogen-bond acceptors (Lipinski definition) is 4. The molecule has 6 heteroatoms. The molecule has 0 saturated heterocycles. The second-order valence-corrected chi connectivity index (χ2v) is 7.72. The Balaban J connectivity index is 2.08. The Morgan fingerprint density at radius 3 is 2.19 bits per heavy atom. The van der Waals surface area contributed by atoms with Crippen LogP contribution in [0.5, 0.6) is 5.75 Å². The lowest BCUT2D eigenvalue weighted by atomic mass is 9.92. The molecule has 0 radical (unpaired) electrons. The van der Waals surface area contributed by atoms with E-state index in [1.807, 2.05) is 39.0 Å². The van der Waals surface area contributed by atoms with E-state index in [-0.39, 0.29) is 17.4 Å². The van der Waals surface area contributed by atoms with Gasteiger partial charge in [0.15, 0.2) is 0 Å². The van der Waals surface area contributed by atoms with E-state index in [0.29, 0.717) is 12.1 Å². The number of phenolic OH excluding ortho intramolecular Hbond substituents is 1. The van der Waals surface area contributed by atoms with Crippen molar-refractivity contribution in [1.29, 1.82) is 0 Å². The number of aryl methyl sites for hydroxylation is 2. The van der Waals surface area contributed by atoms with E-state index >= 15 is 0 Å². The van der Waals surface area contributed by atoms with Crippen LogP contribution < -0.4 is 10.2 Å². The fraction of sp³-hybridized carbons (Fsp3) is 0.240. The van der Waals surface area contributed by atoms with Gasteiger partial charge in [-0.25, -0.2) is 0 Å². The van der Waals surface area contributed by atoms with Crippen molar-refractivity contribution in [1.82, 2.24) is 4.98 Å². The molecule has 0 fully saturated rings. The summed E-state index contributed by atoms with van der Waals surface area (Å²) < 4.78 is 0. The van der Waals surface area contributed by atoms with Crippen LogP contribution in [0.25, 0.3) is 0 Å². The molecule has 0 aliphatic rings. The maximum absolute atomic E-state index is 13.6. The monoisotopic (exact) mass is 417 g/mol. The van der Waals surface area contributed by atoms with Crippen LogP contribution in [0.2, 0.25) is 0 Å². The number of benzene rings is 2. The van der Waals surface area contributed by atoms with Gasteiger partial charge in [0.05, 0.1) is 0 Å². The number of para-hydroxylation sites is 1. The van der Waals surface area contributed by atoms with Crippen molar-refractivity contribution >= 4 is 23.2 Å². The summed E-state index contributed by atoms with van der Waals surface area (Å²) in [5, 5.41) is 12.8. The van der Waals surface area contributed by atoms with Crippen molar-refractivity contribution in [2.45, 2.75) is 39.7 Å². The topological polar surface area (TPSA) is 82.5 Å². The summed E-state index contributed by atoms with van der Waals surface area (Å²) in [6.45, 7) is 7.47. The maximum Gasteiger partial charge on any atom is 0.277 e. The van der Waals surface area contributed by atoms with Gasteiger partial charge in [-0.3, -0.25) is 19.5 Å². The minimum Gasteiger partial charge on any atom is -0.508 e. The average Bonchev–Trinajstić information content (AvgIpc) is 2.78. The second kappa shape index (κ2) is 9.00. The molecule has 0 aliphatic carbocycles. The fourth-order valence-corrected chi connectivity index (χ4v) is 3.51. The second-order valence-electron chi connectivity index (χ2n) is 7.72. The SMILES string of the molecule is CC[C@@](C)(C(=O)Nc1c(C)cccc1C)N(C(=O)c1ccccn1)c1ccc(O)cc1. The zero-order valence-corrected chi connectivity index (χ0v) is 18.2. The van der Waals surface area contributed by atoms with Crippen molar-refractivity contribution in [3.05, 3.63) is 83.7 Å². The molecule has 0 spiro atoms. The van der Waals surface area contributed by atoms with Gasteiger partial charge in [-0.1, -0.05) is 31.2 Å². The molecule has 1 aromatic heterocycles. The van der Waals surface area contributed by atoms with E-state index in [1.165, 1.54) is 17.0 Å². The van der Waals surface area contributed by atoms with Gasteiger partial charge in [0.1, 0.15) is 17.0 Å². The summed E-state index contributed by atoms with van der Waals surface area (Å²) in [6.07, 6.45) is 1.91. The summed E-state index contributed by atoms with van der Waals surface area (Å²) in [4.78, 5) is 32.8. The van der Waals surface area contributed by atoms with E-state index < -0.39 is 11.4 Å². The van der Waals surface area contributed by atoms with E-state index in [1.54, 1.807) is 43.5 Å². The van der Waals surface area contributed by atoms with E-state index in [2.05, 4.69) is 10.3 Å². The minimum atomic E-state index is -1.21. The third-order valence-corrected chi connectivity index (χ3v) is 5.59. The third-order valence-electron chi connectivity index (χ3n) is 5.59. The zero-order chi connectivity index (χ0) is 22.6. The van der Waals surface area contributed by atoms with Gasteiger partial charge >= 0.3 is 0 Å². The van der Waals surface area contributed by atoms with Gasteiger partial charge in [0, 0.05) is 17.6 Å². The van der Waals surface area contributed by atoms with Crippen molar-refractivity contribution in [3.63, 3.8) is 0 Å². The first kappa shape index (κ1) is 22.0. The van der Waals surface area contributed by atoms with Crippen molar-refractivity contribution in [3.8, 4) is 5.75 Å². The molecule has 160 valence electrons. The zero-order valence-electron chi connectivity index (χ0n) is 18.2. The molecule has 31 heavy (non-hydrogen) atoms. The Hall–Kier alpha value is -3.67. The molecule has 0 saturated carbocycles. The van der Waals surface area contributed by atoms with Gasteiger partial charge < -0.3 is 10.4 Å². The van der Waals surface area contributed by atoms with Crippen LogP contribution in [0.15, 0.2) is 66.9 Å². The number of anilines is 2. The predicted octanol–water partition coefficient (Wildman–Crippen LogP) is 4.86. The first-order valence-corrected chi connectivity index (χ1v) is 10.2. The number of pyridine rings is 1. The molecule has 2 amide bonds. The number of carbonyl (C=O) groups is 2. The Kier molecular flexibility index (Phi) is 6.39. The summed E-state index contributed by atoms with van der Waals surface area (Å²) in [5.41, 5.74) is 2.14. The van der Waals surface area contributed by atoms with Crippen molar-refractivity contribution < 1.29 is 14.7 Å². The van der Waals surface area contributed by atoms with Gasteiger partial charge in [-0.2, -0.15) is 0 Å². The van der Waals surface area contributed by atoms with Crippen LogP contribution in [0.1, 0.15) is 41.9 Å². The highest BCUT2D eigenvalue weighted by Crippen LogP contribution is 2.32. The Morgan fingerprint density at radius 2 is 1.65 bits per heavy atom. The largest absolute Gasteiger partial charge is 0.508 e. The van der Waals surface area contributed by atoms with Crippen LogP contribution in [0, 0.1) is 13.8 Å². The Labute approximate surface area is 182 Å². The number of hydrogen-bond donors (Lipinski definition) is 2. The lowest BCUT2D eigenvalue weighted by Crippen LogP contribution is -2.57. The lowest BCUT2D eigenvalue weighted by molar-refractivity contribution is -0.120. The number of aromatic nitrogens is 1. The van der Waals surface area contributed by atoms with Crippen LogP contribution in [-0.4, -0.2) is 27.4 Å². The number of phenols is 1. The van der Waals surface area contributed by atoms with Crippen LogP contribution >= 0.6 is 0 Å². The number of nitrogens with one attached hydrogen (secondary N) is 1. The molecule has 3 rings (SSSR count). The molecule has 0 unspecified atom stereocenters. The molecular formula is C25H27N3O3. The minimum absolute atomic E-state index is 0.0761. The quantitative estimate of drug-likeness (QED) is 0.600. The van der Waals surface area contributed by atoms with E-state index in [9.17, 15) is 14.7 Å². The Morgan fingerprint density at radius 1 is 1.00 bits per heavy atom. The van der Waals surface area contributed by atoms with Crippen LogP contribution in [0.4, 0.5) is 11.4 Å². The first-order valence-electron chi connectivity index (χ1n) is 10.2. The smallest absolute Gasteiger partial charge is 0.277 e. The lowest BCUT2D eigenvalue weighted by Gasteiger charge is -2.39. The highest BCUT2D eigenvalue weighted by molar-refractivity contribution is 6.13. The van der Waals surface area contributed by atoms with Crippen molar-refractivity contribution in [2.75, 3.05) is 10.2 Å². The molecule has 2 N–H and O–H groups in total. The molecule has 2 aromatic carbocycles. The highest BCUT2D eigenvalue weighted by Gasteiger charge is 2.42. The van der Waals surface area contributed by atoms with Crippen LogP contribution in [-0.2, 0) is 4.79 Å². The molecule has 3 aromatic rings. The maximum atomic E-state index is 13.6. The first-order chi connectivity index (χ1) is 14.8. The van der Waals surface area contributed by atoms with Gasteiger partial charge in [-0.05, 0) is 74.7 Å². The molecule has 1 heterocycles. The molecule has 0 aliphatic heterocycles. The summed E-state index contributed by atoms with van der Waals surface area (Å²) in [5.74, 6) is -0.621. The summed E-state index contributed by atoms with van der Waals surface area (Å²) >= 11 is 0. The summed E-state index contributed by atoms with van der Waals surface area (Å²) in [6, 6.07) is 17.1. The van der Waals surface area contributed by atoms with Gasteiger partial charge in [-0.15, -0.1) is 0 Å². The van der Waals surface area contributed by atoms with E-state index in [4.69, 9.17) is 0 Å². The molecule has 1 atom stereocenters.